The second-order valence-corrected chi connectivity index (χ2v) is 7.55. The van der Waals surface area contributed by atoms with Gasteiger partial charge in [0.2, 0.25) is 0 Å². The lowest BCUT2D eigenvalue weighted by molar-refractivity contribution is 0.0168. The summed E-state index contributed by atoms with van der Waals surface area (Å²) >= 11 is 1.90. The summed E-state index contributed by atoms with van der Waals surface area (Å²) in [6, 6.07) is 10.6. The van der Waals surface area contributed by atoms with Crippen LogP contribution in [-0.4, -0.2) is 18.5 Å². The maximum atomic E-state index is 5.82. The van der Waals surface area contributed by atoms with E-state index >= 15 is 0 Å². The lowest BCUT2D eigenvalue weighted by atomic mass is 10.0. The van der Waals surface area contributed by atoms with Crippen LogP contribution < -0.4 is 0 Å². The summed E-state index contributed by atoms with van der Waals surface area (Å²) in [7, 11) is 0. The third-order valence-corrected chi connectivity index (χ3v) is 5.22. The normalized spacial score (nSPS) is 19.8. The van der Waals surface area contributed by atoms with E-state index in [9.17, 15) is 0 Å². The minimum absolute atomic E-state index is 0.471. The average Bonchev–Trinajstić information content (AvgIpc) is 2.57. The van der Waals surface area contributed by atoms with Crippen molar-refractivity contribution in [2.75, 3.05) is 12.4 Å². The summed E-state index contributed by atoms with van der Waals surface area (Å²) in [6.45, 7) is 5.46. The highest BCUT2D eigenvalue weighted by molar-refractivity contribution is 7.99. The molecule has 23 heavy (non-hydrogen) atoms. The minimum Gasteiger partial charge on any atom is -0.378 e. The van der Waals surface area contributed by atoms with Gasteiger partial charge in [0.1, 0.15) is 0 Å². The Morgan fingerprint density at radius 3 is 2.70 bits per heavy atom. The zero-order chi connectivity index (χ0) is 16.3. The van der Waals surface area contributed by atoms with E-state index < -0.39 is 0 Å². The van der Waals surface area contributed by atoms with Gasteiger partial charge in [-0.2, -0.15) is 0 Å². The van der Waals surface area contributed by atoms with E-state index in [1.165, 1.54) is 35.3 Å². The number of thioether (sulfide) groups is 1. The van der Waals surface area contributed by atoms with Gasteiger partial charge < -0.3 is 4.74 Å². The van der Waals surface area contributed by atoms with Crippen molar-refractivity contribution in [1.29, 1.82) is 0 Å². The summed E-state index contributed by atoms with van der Waals surface area (Å²) in [5.74, 6) is 1.06. The second kappa shape index (κ2) is 10.7. The molecule has 0 radical (unpaired) electrons. The van der Waals surface area contributed by atoms with Crippen LogP contribution in [0.3, 0.4) is 0 Å². The van der Waals surface area contributed by atoms with Crippen molar-refractivity contribution in [3.63, 3.8) is 0 Å². The van der Waals surface area contributed by atoms with E-state index in [-0.39, 0.29) is 0 Å². The number of rotatable bonds is 8. The van der Waals surface area contributed by atoms with E-state index in [0.29, 0.717) is 6.10 Å². The van der Waals surface area contributed by atoms with Crippen LogP contribution in [-0.2, 0) is 4.74 Å². The van der Waals surface area contributed by atoms with Crippen LogP contribution in [0.5, 0.6) is 0 Å². The largest absolute Gasteiger partial charge is 0.378 e. The van der Waals surface area contributed by atoms with Gasteiger partial charge in [0, 0.05) is 17.3 Å². The lowest BCUT2D eigenvalue weighted by Gasteiger charge is -2.22. The van der Waals surface area contributed by atoms with Crippen molar-refractivity contribution in [3.8, 4) is 0 Å². The number of hydrogen-bond acceptors (Lipinski definition) is 2. The predicted molar refractivity (Wildman–Crippen MR) is 102 cm³/mol. The molecule has 0 saturated carbocycles. The molecule has 1 aliphatic heterocycles. The van der Waals surface area contributed by atoms with Crippen molar-refractivity contribution in [3.05, 3.63) is 53.6 Å². The molecule has 1 unspecified atom stereocenters. The van der Waals surface area contributed by atoms with Crippen molar-refractivity contribution < 1.29 is 4.74 Å². The first-order valence-electron chi connectivity index (χ1n) is 8.85. The highest BCUT2D eigenvalue weighted by atomic mass is 32.2. The summed E-state index contributed by atoms with van der Waals surface area (Å²) in [5.41, 5.74) is 2.98. The quantitative estimate of drug-likeness (QED) is 0.402. The van der Waals surface area contributed by atoms with Gasteiger partial charge in [0.25, 0.3) is 0 Å². The van der Waals surface area contributed by atoms with Gasteiger partial charge in [0.15, 0.2) is 0 Å². The zero-order valence-corrected chi connectivity index (χ0v) is 15.4. The van der Waals surface area contributed by atoms with E-state index in [1.807, 2.05) is 11.8 Å². The molecule has 1 heterocycles. The Kier molecular flexibility index (Phi) is 8.55. The summed E-state index contributed by atoms with van der Waals surface area (Å²) in [6.07, 6.45) is 12.5. The monoisotopic (exact) mass is 330 g/mol. The van der Waals surface area contributed by atoms with Crippen LogP contribution in [0.25, 0.3) is 0 Å². The van der Waals surface area contributed by atoms with E-state index in [4.69, 9.17) is 4.74 Å². The Hall–Kier alpha value is -0.990. The smallest absolute Gasteiger partial charge is 0.0612 e. The van der Waals surface area contributed by atoms with Gasteiger partial charge in [-0.05, 0) is 64.5 Å². The molecule has 1 atom stereocenters. The SMILES string of the molecule is C/C(=C\CSc1ccccc1)CC/C=C(\C)CC1CCCCO1. The van der Waals surface area contributed by atoms with Crippen LogP contribution in [0.4, 0.5) is 0 Å². The topological polar surface area (TPSA) is 9.23 Å². The highest BCUT2D eigenvalue weighted by Gasteiger charge is 2.13. The Morgan fingerprint density at radius 1 is 1.13 bits per heavy atom. The molecule has 1 saturated heterocycles. The first-order chi connectivity index (χ1) is 11.2. The molecule has 0 spiro atoms. The van der Waals surface area contributed by atoms with Crippen LogP contribution >= 0.6 is 11.8 Å². The molecular weight excluding hydrogens is 300 g/mol. The molecular formula is C21H30OS. The van der Waals surface area contributed by atoms with Gasteiger partial charge in [0.05, 0.1) is 6.10 Å². The minimum atomic E-state index is 0.471. The van der Waals surface area contributed by atoms with E-state index in [2.05, 4.69) is 56.3 Å². The third kappa shape index (κ3) is 7.90. The first-order valence-corrected chi connectivity index (χ1v) is 9.83. The molecule has 1 fully saturated rings. The molecule has 1 nitrogen and oxygen atoms in total. The molecule has 0 aliphatic carbocycles. The molecule has 2 heteroatoms. The molecule has 0 N–H and O–H groups in total. The lowest BCUT2D eigenvalue weighted by Crippen LogP contribution is -2.19. The molecule has 126 valence electrons. The number of benzene rings is 1. The molecule has 2 rings (SSSR count). The molecule has 0 aromatic heterocycles. The van der Waals surface area contributed by atoms with Crippen LogP contribution in [0, 0.1) is 0 Å². The molecule has 1 aromatic rings. The maximum Gasteiger partial charge on any atom is 0.0612 e. The molecule has 0 bridgehead atoms. The third-order valence-electron chi connectivity index (χ3n) is 4.28. The van der Waals surface area contributed by atoms with Crippen molar-refractivity contribution >= 4 is 11.8 Å². The summed E-state index contributed by atoms with van der Waals surface area (Å²) < 4.78 is 5.82. The molecule has 0 amide bonds. The van der Waals surface area contributed by atoms with E-state index in [0.717, 1.165) is 31.6 Å². The fraction of sp³-hybridized carbons (Fsp3) is 0.524. The predicted octanol–water partition coefficient (Wildman–Crippen LogP) is 6.41. The van der Waals surface area contributed by atoms with Gasteiger partial charge >= 0.3 is 0 Å². The maximum absolute atomic E-state index is 5.82. The van der Waals surface area contributed by atoms with Gasteiger partial charge in [-0.3, -0.25) is 0 Å². The Morgan fingerprint density at radius 2 is 1.96 bits per heavy atom. The van der Waals surface area contributed by atoms with Crippen LogP contribution in [0.15, 0.2) is 58.5 Å². The Balaban J connectivity index is 1.63. The molecule has 1 aromatic carbocycles. The summed E-state index contributed by atoms with van der Waals surface area (Å²) in [5, 5.41) is 0. The first kappa shape index (κ1) is 18.4. The number of allylic oxidation sites excluding steroid dienone is 2. The van der Waals surface area contributed by atoms with Crippen molar-refractivity contribution in [1.82, 2.24) is 0 Å². The average molecular weight is 331 g/mol. The highest BCUT2D eigenvalue weighted by Crippen LogP contribution is 2.21. The fourth-order valence-corrected chi connectivity index (χ4v) is 3.77. The van der Waals surface area contributed by atoms with Crippen molar-refractivity contribution in [2.24, 2.45) is 0 Å². The standard InChI is InChI=1S/C21H30OS/c1-18(14-16-23-21-12-4-3-5-13-21)9-8-10-19(2)17-20-11-6-7-15-22-20/h3-5,10,12-14,20H,6-9,11,15-17H2,1-2H3/b18-14+,19-10+. The van der Waals surface area contributed by atoms with Gasteiger partial charge in [-0.15, -0.1) is 11.8 Å². The van der Waals surface area contributed by atoms with Gasteiger partial charge in [-0.25, -0.2) is 0 Å². The molecule has 1 aliphatic rings. The number of ether oxygens (including phenoxy) is 1. The Bertz CT molecular complexity index is 498. The zero-order valence-electron chi connectivity index (χ0n) is 14.6. The van der Waals surface area contributed by atoms with Crippen LogP contribution in [0.2, 0.25) is 0 Å². The fourth-order valence-electron chi connectivity index (χ4n) is 2.86. The summed E-state index contributed by atoms with van der Waals surface area (Å²) in [4.78, 5) is 1.35. The van der Waals surface area contributed by atoms with Crippen molar-refractivity contribution in [2.45, 2.75) is 63.4 Å². The number of hydrogen-bond donors (Lipinski definition) is 0. The van der Waals surface area contributed by atoms with E-state index in [1.54, 1.807) is 0 Å². The Labute approximate surface area is 146 Å². The van der Waals surface area contributed by atoms with Gasteiger partial charge in [-0.1, -0.05) is 41.5 Å². The van der Waals surface area contributed by atoms with Crippen LogP contribution in [0.1, 0.15) is 52.4 Å². The second-order valence-electron chi connectivity index (χ2n) is 6.46.